The van der Waals surface area contributed by atoms with E-state index >= 15 is 0 Å². The van der Waals surface area contributed by atoms with Gasteiger partial charge in [0.05, 0.1) is 0 Å². The minimum absolute atomic E-state index is 0.0937. The molecule has 2 fully saturated rings. The van der Waals surface area contributed by atoms with Gasteiger partial charge in [0.15, 0.2) is 0 Å². The fraction of sp³-hybridized carbons (Fsp3) is 0.889. The van der Waals surface area contributed by atoms with Crippen LogP contribution in [0.4, 0.5) is 4.79 Å². The van der Waals surface area contributed by atoms with E-state index in [2.05, 4.69) is 5.32 Å². The van der Waals surface area contributed by atoms with Gasteiger partial charge in [0.1, 0.15) is 0 Å². The summed E-state index contributed by atoms with van der Waals surface area (Å²) in [6.07, 6.45) is 3.26. The Morgan fingerprint density at radius 2 is 1.76 bits per heavy atom. The lowest BCUT2D eigenvalue weighted by molar-refractivity contribution is 0.163. The number of urea groups is 1. The van der Waals surface area contributed by atoms with E-state index in [4.69, 9.17) is 5.14 Å². The van der Waals surface area contributed by atoms with Crippen molar-refractivity contribution in [3.8, 4) is 0 Å². The minimum atomic E-state index is -3.62. The molecule has 1 aliphatic carbocycles. The molecule has 98 valence electrons. The summed E-state index contributed by atoms with van der Waals surface area (Å²) in [5.74, 6) is 0. The molecule has 0 atom stereocenters. The predicted octanol–water partition coefficient (Wildman–Crippen LogP) is -0.930. The van der Waals surface area contributed by atoms with Crippen LogP contribution in [0.15, 0.2) is 0 Å². The lowest BCUT2D eigenvalue weighted by Gasteiger charge is -2.35. The molecular weight excluding hydrogens is 244 g/mol. The first-order valence-corrected chi connectivity index (χ1v) is 7.30. The molecule has 3 N–H and O–H groups in total. The number of rotatable bonds is 2. The van der Waals surface area contributed by atoms with E-state index in [0.29, 0.717) is 19.1 Å². The van der Waals surface area contributed by atoms with Crippen molar-refractivity contribution in [3.63, 3.8) is 0 Å². The van der Waals surface area contributed by atoms with Gasteiger partial charge in [-0.05, 0) is 19.3 Å². The summed E-state index contributed by atoms with van der Waals surface area (Å²) in [5, 5.41) is 7.95. The molecule has 17 heavy (non-hydrogen) atoms. The van der Waals surface area contributed by atoms with Crippen LogP contribution in [-0.2, 0) is 10.2 Å². The third-order valence-electron chi connectivity index (χ3n) is 3.32. The number of piperazine rings is 1. The molecular formula is C9H18N4O3S. The number of amides is 2. The molecule has 2 amide bonds. The van der Waals surface area contributed by atoms with E-state index in [1.54, 1.807) is 4.90 Å². The van der Waals surface area contributed by atoms with Gasteiger partial charge in [0.25, 0.3) is 10.2 Å². The van der Waals surface area contributed by atoms with Gasteiger partial charge in [-0.1, -0.05) is 0 Å². The van der Waals surface area contributed by atoms with Crippen molar-refractivity contribution >= 4 is 16.2 Å². The Morgan fingerprint density at radius 3 is 2.18 bits per heavy atom. The lowest BCUT2D eigenvalue weighted by atomic mass is 9.93. The van der Waals surface area contributed by atoms with Crippen LogP contribution in [0.3, 0.4) is 0 Å². The lowest BCUT2D eigenvalue weighted by Crippen LogP contribution is -2.56. The fourth-order valence-corrected chi connectivity index (χ4v) is 2.64. The molecule has 0 unspecified atom stereocenters. The monoisotopic (exact) mass is 262 g/mol. The Hall–Kier alpha value is -0.860. The number of hydrogen-bond acceptors (Lipinski definition) is 3. The number of nitrogens with zero attached hydrogens (tertiary/aromatic N) is 2. The third-order valence-corrected chi connectivity index (χ3v) is 4.40. The number of nitrogens with one attached hydrogen (secondary N) is 1. The average molecular weight is 262 g/mol. The van der Waals surface area contributed by atoms with Gasteiger partial charge in [-0.15, -0.1) is 0 Å². The first kappa shape index (κ1) is 12.6. The summed E-state index contributed by atoms with van der Waals surface area (Å²) in [6, 6.07) is 0.211. The minimum Gasteiger partial charge on any atom is -0.335 e. The first-order chi connectivity index (χ1) is 7.97. The summed E-state index contributed by atoms with van der Waals surface area (Å²) in [7, 11) is -3.62. The number of hydrogen-bond donors (Lipinski definition) is 2. The molecule has 0 spiro atoms. The second-order valence-corrected chi connectivity index (χ2v) is 6.05. The highest BCUT2D eigenvalue weighted by Crippen LogP contribution is 2.18. The Balaban J connectivity index is 1.80. The van der Waals surface area contributed by atoms with E-state index in [1.807, 2.05) is 0 Å². The van der Waals surface area contributed by atoms with E-state index in [1.165, 1.54) is 10.7 Å². The smallest absolute Gasteiger partial charge is 0.317 e. The average Bonchev–Trinajstić information content (AvgIpc) is 2.22. The highest BCUT2D eigenvalue weighted by Gasteiger charge is 2.28. The molecule has 1 saturated heterocycles. The van der Waals surface area contributed by atoms with E-state index in [9.17, 15) is 13.2 Å². The molecule has 0 radical (unpaired) electrons. The van der Waals surface area contributed by atoms with Crippen molar-refractivity contribution in [2.75, 3.05) is 26.2 Å². The van der Waals surface area contributed by atoms with E-state index in [0.717, 1.165) is 12.8 Å². The Kier molecular flexibility index (Phi) is 3.55. The predicted molar refractivity (Wildman–Crippen MR) is 62.4 cm³/mol. The molecule has 7 nitrogen and oxygen atoms in total. The quantitative estimate of drug-likeness (QED) is 0.673. The van der Waals surface area contributed by atoms with Crippen LogP contribution in [0.5, 0.6) is 0 Å². The van der Waals surface area contributed by atoms with Crippen LogP contribution in [0, 0.1) is 0 Å². The molecule has 2 aliphatic rings. The summed E-state index contributed by atoms with van der Waals surface area (Å²) in [4.78, 5) is 13.4. The van der Waals surface area contributed by atoms with Gasteiger partial charge >= 0.3 is 6.03 Å². The van der Waals surface area contributed by atoms with Crippen molar-refractivity contribution in [1.29, 1.82) is 0 Å². The van der Waals surface area contributed by atoms with Crippen LogP contribution in [0.1, 0.15) is 19.3 Å². The molecule has 8 heteroatoms. The van der Waals surface area contributed by atoms with Crippen molar-refractivity contribution in [2.45, 2.75) is 25.3 Å². The molecule has 0 aromatic rings. The van der Waals surface area contributed by atoms with Crippen LogP contribution < -0.4 is 10.5 Å². The maximum absolute atomic E-state index is 11.8. The maximum atomic E-state index is 11.8. The first-order valence-electron chi connectivity index (χ1n) is 5.80. The van der Waals surface area contributed by atoms with Crippen molar-refractivity contribution in [2.24, 2.45) is 5.14 Å². The summed E-state index contributed by atoms with van der Waals surface area (Å²) >= 11 is 0. The molecule has 2 rings (SSSR count). The maximum Gasteiger partial charge on any atom is 0.317 e. The molecule has 1 heterocycles. The fourth-order valence-electron chi connectivity index (χ4n) is 1.96. The molecule has 1 aliphatic heterocycles. The zero-order valence-electron chi connectivity index (χ0n) is 9.63. The van der Waals surface area contributed by atoms with Gasteiger partial charge in [-0.2, -0.15) is 12.7 Å². The van der Waals surface area contributed by atoms with Crippen LogP contribution in [0.2, 0.25) is 0 Å². The van der Waals surface area contributed by atoms with E-state index < -0.39 is 10.2 Å². The molecule has 0 aromatic heterocycles. The summed E-state index contributed by atoms with van der Waals surface area (Å²) < 4.78 is 23.4. The van der Waals surface area contributed by atoms with E-state index in [-0.39, 0.29) is 19.1 Å². The summed E-state index contributed by atoms with van der Waals surface area (Å²) in [5.41, 5.74) is 0. The second-order valence-electron chi connectivity index (χ2n) is 4.51. The van der Waals surface area contributed by atoms with Crippen molar-refractivity contribution in [1.82, 2.24) is 14.5 Å². The SMILES string of the molecule is NS(=O)(=O)N1CCN(C(=O)NC2CCC2)CC1. The van der Waals surface area contributed by atoms with Gasteiger partial charge in [-0.3, -0.25) is 0 Å². The normalized spacial score (nSPS) is 23.2. The summed E-state index contributed by atoms with van der Waals surface area (Å²) in [6.45, 7) is 1.35. The number of carbonyl (C=O) groups is 1. The zero-order chi connectivity index (χ0) is 12.5. The van der Waals surface area contributed by atoms with Crippen LogP contribution >= 0.6 is 0 Å². The number of carbonyl (C=O) groups excluding carboxylic acids is 1. The Labute approximate surface area is 101 Å². The van der Waals surface area contributed by atoms with Crippen LogP contribution in [0.25, 0.3) is 0 Å². The topological polar surface area (TPSA) is 95.7 Å². The highest BCUT2D eigenvalue weighted by atomic mass is 32.2. The van der Waals surface area contributed by atoms with Crippen molar-refractivity contribution < 1.29 is 13.2 Å². The van der Waals surface area contributed by atoms with Gasteiger partial charge in [0.2, 0.25) is 0 Å². The standard InChI is InChI=1S/C9H18N4O3S/c10-17(15,16)13-6-4-12(5-7-13)9(14)11-8-2-1-3-8/h8H,1-7H2,(H,11,14)(H2,10,15,16). The Morgan fingerprint density at radius 1 is 1.18 bits per heavy atom. The molecule has 0 bridgehead atoms. The molecule has 1 saturated carbocycles. The van der Waals surface area contributed by atoms with Crippen molar-refractivity contribution in [3.05, 3.63) is 0 Å². The second kappa shape index (κ2) is 4.79. The Bertz CT molecular complexity index is 385. The van der Waals surface area contributed by atoms with Gasteiger partial charge < -0.3 is 10.2 Å². The van der Waals surface area contributed by atoms with Crippen LogP contribution in [-0.4, -0.2) is 55.9 Å². The van der Waals surface area contributed by atoms with Gasteiger partial charge in [0, 0.05) is 32.2 Å². The molecule has 0 aromatic carbocycles. The highest BCUT2D eigenvalue weighted by molar-refractivity contribution is 7.86. The number of nitrogens with two attached hydrogens (primary N) is 1. The largest absolute Gasteiger partial charge is 0.335 e. The zero-order valence-corrected chi connectivity index (χ0v) is 10.4. The van der Waals surface area contributed by atoms with Gasteiger partial charge in [-0.25, -0.2) is 9.93 Å². The third kappa shape index (κ3) is 3.08.